The number of piperidine rings is 1. The summed E-state index contributed by atoms with van der Waals surface area (Å²) in [6, 6.07) is 27.9. The third kappa shape index (κ3) is 6.23. The molecule has 2 aliphatic heterocycles. The van der Waals surface area contributed by atoms with Gasteiger partial charge in [-0.05, 0) is 86.1 Å². The average Bonchev–Trinajstić information content (AvgIpc) is 3.34. The highest BCUT2D eigenvalue weighted by Crippen LogP contribution is 2.41. The van der Waals surface area contributed by atoms with Gasteiger partial charge < -0.3 is 14.9 Å². The van der Waals surface area contributed by atoms with E-state index in [9.17, 15) is 9.59 Å². The van der Waals surface area contributed by atoms with Crippen LogP contribution in [0.4, 0.5) is 0 Å². The molecule has 37 heavy (non-hydrogen) atoms. The molecule has 0 aromatic heterocycles. The fourth-order valence-corrected chi connectivity index (χ4v) is 5.91. The lowest BCUT2D eigenvalue weighted by Gasteiger charge is -2.39. The standard InChI is InChI=1S/C31H34N2O3.ClH/c34-29(26-11-13-27(14-12-26)30(35)36)33-22-18-31(23-33)16-20-32(21-17-31)19-15-28(24-7-3-1-4-8-24)25-9-5-2-6-10-25;/h1-14,28H,15-23H2,(H,35,36);1H. The van der Waals surface area contributed by atoms with Crippen LogP contribution in [0.3, 0.4) is 0 Å². The molecule has 2 fully saturated rings. The Kier molecular flexibility index (Phi) is 8.67. The Morgan fingerprint density at radius 2 is 1.27 bits per heavy atom. The summed E-state index contributed by atoms with van der Waals surface area (Å²) in [4.78, 5) is 28.7. The molecule has 6 heteroatoms. The van der Waals surface area contributed by atoms with Crippen LogP contribution in [0.5, 0.6) is 0 Å². The van der Waals surface area contributed by atoms with Gasteiger partial charge in [-0.15, -0.1) is 12.4 Å². The molecule has 1 spiro atoms. The van der Waals surface area contributed by atoms with Crippen LogP contribution < -0.4 is 0 Å². The number of benzene rings is 3. The normalized spacial score (nSPS) is 17.1. The van der Waals surface area contributed by atoms with Crippen LogP contribution in [0.1, 0.15) is 63.4 Å². The molecule has 0 radical (unpaired) electrons. The van der Waals surface area contributed by atoms with Crippen molar-refractivity contribution in [2.75, 3.05) is 32.7 Å². The van der Waals surface area contributed by atoms with E-state index in [1.165, 1.54) is 23.3 Å². The zero-order valence-electron chi connectivity index (χ0n) is 21.1. The zero-order chi connectivity index (χ0) is 25.0. The van der Waals surface area contributed by atoms with Crippen LogP contribution in [-0.2, 0) is 0 Å². The molecule has 0 aliphatic carbocycles. The van der Waals surface area contributed by atoms with Gasteiger partial charge in [0.15, 0.2) is 0 Å². The van der Waals surface area contributed by atoms with E-state index in [1.54, 1.807) is 12.1 Å². The van der Waals surface area contributed by atoms with Crippen LogP contribution in [0.2, 0.25) is 0 Å². The molecule has 0 unspecified atom stereocenters. The number of aromatic carboxylic acids is 1. The van der Waals surface area contributed by atoms with E-state index in [-0.39, 0.29) is 29.3 Å². The highest BCUT2D eigenvalue weighted by molar-refractivity contribution is 5.96. The zero-order valence-corrected chi connectivity index (χ0v) is 21.9. The van der Waals surface area contributed by atoms with Gasteiger partial charge in [0.25, 0.3) is 5.91 Å². The van der Waals surface area contributed by atoms with Crippen LogP contribution >= 0.6 is 12.4 Å². The number of likely N-dealkylation sites (tertiary alicyclic amines) is 2. The summed E-state index contributed by atoms with van der Waals surface area (Å²) < 4.78 is 0. The number of carbonyl (C=O) groups excluding carboxylic acids is 1. The van der Waals surface area contributed by atoms with Gasteiger partial charge in [-0.1, -0.05) is 60.7 Å². The SMILES string of the molecule is Cl.O=C(O)c1ccc(C(=O)N2CCC3(CCN(CCC(c4ccccc4)c4ccccc4)CC3)C2)cc1. The molecule has 1 N–H and O–H groups in total. The maximum Gasteiger partial charge on any atom is 0.335 e. The first-order chi connectivity index (χ1) is 17.5. The van der Waals surface area contributed by atoms with Crippen LogP contribution in [0.25, 0.3) is 0 Å². The Labute approximate surface area is 225 Å². The Morgan fingerprint density at radius 1 is 0.757 bits per heavy atom. The number of rotatable bonds is 7. The van der Waals surface area contributed by atoms with Crippen molar-refractivity contribution in [2.24, 2.45) is 5.41 Å². The predicted molar refractivity (Wildman–Crippen MR) is 149 cm³/mol. The quantitative estimate of drug-likeness (QED) is 0.419. The van der Waals surface area contributed by atoms with E-state index in [0.29, 0.717) is 11.5 Å². The van der Waals surface area contributed by atoms with E-state index in [0.717, 1.165) is 58.4 Å². The van der Waals surface area contributed by atoms with Crippen LogP contribution in [0, 0.1) is 5.41 Å². The second kappa shape index (κ2) is 11.9. The van der Waals surface area contributed by atoms with E-state index in [2.05, 4.69) is 65.6 Å². The van der Waals surface area contributed by atoms with Crippen molar-refractivity contribution < 1.29 is 14.7 Å². The number of carboxylic acid groups (broad SMARTS) is 1. The molecule has 0 bridgehead atoms. The first kappa shape index (κ1) is 26.9. The number of halogens is 1. The first-order valence-corrected chi connectivity index (χ1v) is 13.0. The Balaban J connectivity index is 0.00000320. The molecule has 5 nitrogen and oxygen atoms in total. The van der Waals surface area contributed by atoms with Crippen molar-refractivity contribution >= 4 is 24.3 Å². The van der Waals surface area contributed by atoms with Gasteiger partial charge in [0.05, 0.1) is 5.56 Å². The summed E-state index contributed by atoms with van der Waals surface area (Å²) in [7, 11) is 0. The summed E-state index contributed by atoms with van der Waals surface area (Å²) in [5, 5.41) is 9.10. The second-order valence-electron chi connectivity index (χ2n) is 10.4. The number of nitrogens with zero attached hydrogens (tertiary/aromatic N) is 2. The lowest BCUT2D eigenvalue weighted by molar-refractivity contribution is 0.0691. The van der Waals surface area contributed by atoms with Crippen molar-refractivity contribution in [1.82, 2.24) is 9.80 Å². The largest absolute Gasteiger partial charge is 0.478 e. The van der Waals surface area contributed by atoms with Gasteiger partial charge in [-0.3, -0.25) is 4.79 Å². The molecule has 194 valence electrons. The first-order valence-electron chi connectivity index (χ1n) is 13.0. The molecule has 2 saturated heterocycles. The minimum Gasteiger partial charge on any atom is -0.478 e. The highest BCUT2D eigenvalue weighted by Gasteiger charge is 2.42. The van der Waals surface area contributed by atoms with Gasteiger partial charge in [-0.2, -0.15) is 0 Å². The average molecular weight is 519 g/mol. The van der Waals surface area contributed by atoms with Gasteiger partial charge in [0.1, 0.15) is 0 Å². The second-order valence-corrected chi connectivity index (χ2v) is 10.4. The summed E-state index contributed by atoms with van der Waals surface area (Å²) in [5.74, 6) is -0.560. The Bertz CT molecular complexity index is 1140. The number of carbonyl (C=O) groups is 2. The van der Waals surface area contributed by atoms with E-state index in [1.807, 2.05) is 4.90 Å². The van der Waals surface area contributed by atoms with E-state index in [4.69, 9.17) is 5.11 Å². The maximum atomic E-state index is 13.0. The van der Waals surface area contributed by atoms with Crippen molar-refractivity contribution in [3.8, 4) is 0 Å². The van der Waals surface area contributed by atoms with E-state index >= 15 is 0 Å². The Hall–Kier alpha value is -3.15. The molecule has 2 aliphatic rings. The van der Waals surface area contributed by atoms with E-state index < -0.39 is 5.97 Å². The van der Waals surface area contributed by atoms with Gasteiger partial charge in [-0.25, -0.2) is 4.79 Å². The van der Waals surface area contributed by atoms with Crippen molar-refractivity contribution in [1.29, 1.82) is 0 Å². The molecule has 3 aromatic rings. The number of hydrogen-bond donors (Lipinski definition) is 1. The van der Waals surface area contributed by atoms with Crippen LogP contribution in [-0.4, -0.2) is 59.5 Å². The molecule has 1 amide bonds. The summed E-state index contributed by atoms with van der Waals surface area (Å²) in [5.41, 5.74) is 3.74. The van der Waals surface area contributed by atoms with Gasteiger partial charge >= 0.3 is 5.97 Å². The van der Waals surface area contributed by atoms with Crippen molar-refractivity contribution in [3.63, 3.8) is 0 Å². The lowest BCUT2D eigenvalue weighted by atomic mass is 9.77. The monoisotopic (exact) mass is 518 g/mol. The third-order valence-electron chi connectivity index (χ3n) is 8.16. The minimum absolute atomic E-state index is 0. The summed E-state index contributed by atoms with van der Waals surface area (Å²) in [6.45, 7) is 4.81. The smallest absolute Gasteiger partial charge is 0.335 e. The molecule has 2 heterocycles. The molecule has 3 aromatic carbocycles. The number of carboxylic acids is 1. The Morgan fingerprint density at radius 3 is 1.81 bits per heavy atom. The number of amides is 1. The molecular formula is C31H35ClN2O3. The fraction of sp³-hybridized carbons (Fsp3) is 0.355. The summed E-state index contributed by atoms with van der Waals surface area (Å²) >= 11 is 0. The van der Waals surface area contributed by atoms with Crippen molar-refractivity contribution in [3.05, 3.63) is 107 Å². The topological polar surface area (TPSA) is 60.9 Å². The van der Waals surface area contributed by atoms with Gasteiger partial charge in [0, 0.05) is 24.6 Å². The minimum atomic E-state index is -0.972. The molecule has 0 atom stereocenters. The van der Waals surface area contributed by atoms with Gasteiger partial charge in [0.2, 0.25) is 0 Å². The number of hydrogen-bond acceptors (Lipinski definition) is 3. The highest BCUT2D eigenvalue weighted by atomic mass is 35.5. The summed E-state index contributed by atoms with van der Waals surface area (Å²) in [6.07, 6.45) is 4.39. The molecular weight excluding hydrogens is 484 g/mol. The fourth-order valence-electron chi connectivity index (χ4n) is 5.91. The van der Waals surface area contributed by atoms with Crippen molar-refractivity contribution in [2.45, 2.75) is 31.6 Å². The molecule has 0 saturated carbocycles. The lowest BCUT2D eigenvalue weighted by Crippen LogP contribution is -2.42. The maximum absolute atomic E-state index is 13.0. The molecule has 5 rings (SSSR count). The third-order valence-corrected chi connectivity index (χ3v) is 8.16. The van der Waals surface area contributed by atoms with Crippen LogP contribution in [0.15, 0.2) is 84.9 Å². The predicted octanol–water partition coefficient (Wildman–Crippen LogP) is 5.96.